The molecule has 0 radical (unpaired) electrons. The van der Waals surface area contributed by atoms with Gasteiger partial charge in [-0.2, -0.15) is 5.26 Å². The van der Waals surface area contributed by atoms with Crippen molar-refractivity contribution in [2.24, 2.45) is 0 Å². The normalized spacial score (nSPS) is 22.2. The van der Waals surface area contributed by atoms with Crippen molar-refractivity contribution in [2.75, 3.05) is 13.1 Å². The van der Waals surface area contributed by atoms with Gasteiger partial charge in [0, 0.05) is 0 Å². The second-order valence-electron chi connectivity index (χ2n) is 2.84. The second kappa shape index (κ2) is 4.15. The molecule has 0 aromatic heterocycles. The minimum Gasteiger partial charge on any atom is -0.285 e. The first-order valence-electron chi connectivity index (χ1n) is 4.15. The SMILES string of the molecule is CC=CC(C#N)N1CCCC1. The lowest BCUT2D eigenvalue weighted by Crippen LogP contribution is -2.29. The van der Waals surface area contributed by atoms with Gasteiger partial charge in [-0.05, 0) is 32.9 Å². The number of hydrogen-bond acceptors (Lipinski definition) is 2. The fraction of sp³-hybridized carbons (Fsp3) is 0.667. The molecule has 0 aliphatic carbocycles. The van der Waals surface area contributed by atoms with Crippen molar-refractivity contribution < 1.29 is 0 Å². The van der Waals surface area contributed by atoms with Crippen LogP contribution in [0.15, 0.2) is 12.2 Å². The third kappa shape index (κ3) is 2.06. The highest BCUT2D eigenvalue weighted by molar-refractivity contribution is 5.06. The fourth-order valence-corrected chi connectivity index (χ4v) is 1.45. The Bertz CT molecular complexity index is 172. The quantitative estimate of drug-likeness (QED) is 0.558. The Morgan fingerprint density at radius 3 is 2.55 bits per heavy atom. The van der Waals surface area contributed by atoms with Crippen LogP contribution in [-0.2, 0) is 0 Å². The van der Waals surface area contributed by atoms with E-state index in [2.05, 4.69) is 11.0 Å². The molecule has 60 valence electrons. The Hall–Kier alpha value is -0.810. The molecule has 1 rings (SSSR count). The zero-order chi connectivity index (χ0) is 8.10. The maximum atomic E-state index is 8.77. The standard InChI is InChI=1S/C9H14N2/c1-2-5-9(8-10)11-6-3-4-7-11/h2,5,9H,3-4,6-7H2,1H3. The summed E-state index contributed by atoms with van der Waals surface area (Å²) >= 11 is 0. The molecule has 0 saturated carbocycles. The van der Waals surface area contributed by atoms with Gasteiger partial charge in [0.1, 0.15) is 6.04 Å². The molecule has 0 aromatic rings. The number of rotatable bonds is 2. The summed E-state index contributed by atoms with van der Waals surface area (Å²) in [5, 5.41) is 8.77. The fourth-order valence-electron chi connectivity index (χ4n) is 1.45. The molecule has 1 aliphatic heterocycles. The summed E-state index contributed by atoms with van der Waals surface area (Å²) in [6.45, 7) is 4.13. The van der Waals surface area contributed by atoms with Crippen LogP contribution < -0.4 is 0 Å². The molecule has 11 heavy (non-hydrogen) atoms. The van der Waals surface area contributed by atoms with Crippen molar-refractivity contribution in [2.45, 2.75) is 25.8 Å². The molecule has 0 N–H and O–H groups in total. The van der Waals surface area contributed by atoms with Crippen molar-refractivity contribution in [1.82, 2.24) is 4.90 Å². The molecule has 0 spiro atoms. The van der Waals surface area contributed by atoms with E-state index in [1.165, 1.54) is 12.8 Å². The molecule has 0 aromatic carbocycles. The molecule has 1 fully saturated rings. The molecule has 1 saturated heterocycles. The predicted molar refractivity (Wildman–Crippen MR) is 45.0 cm³/mol. The maximum absolute atomic E-state index is 8.77. The lowest BCUT2D eigenvalue weighted by Gasteiger charge is -2.17. The summed E-state index contributed by atoms with van der Waals surface area (Å²) in [4.78, 5) is 2.22. The van der Waals surface area contributed by atoms with E-state index in [1.807, 2.05) is 19.1 Å². The Morgan fingerprint density at radius 2 is 2.09 bits per heavy atom. The minimum atomic E-state index is 0.0162. The van der Waals surface area contributed by atoms with E-state index in [0.29, 0.717) is 0 Å². The van der Waals surface area contributed by atoms with Crippen LogP contribution in [0, 0.1) is 11.3 Å². The average Bonchev–Trinajstić information content (AvgIpc) is 2.52. The van der Waals surface area contributed by atoms with Gasteiger partial charge < -0.3 is 0 Å². The first-order valence-corrected chi connectivity index (χ1v) is 4.15. The monoisotopic (exact) mass is 150 g/mol. The van der Waals surface area contributed by atoms with E-state index in [0.717, 1.165) is 13.1 Å². The average molecular weight is 150 g/mol. The van der Waals surface area contributed by atoms with E-state index < -0.39 is 0 Å². The van der Waals surface area contributed by atoms with Gasteiger partial charge in [0.05, 0.1) is 6.07 Å². The van der Waals surface area contributed by atoms with Crippen molar-refractivity contribution in [3.8, 4) is 6.07 Å². The number of likely N-dealkylation sites (tertiary alicyclic amines) is 1. The minimum absolute atomic E-state index is 0.0162. The summed E-state index contributed by atoms with van der Waals surface area (Å²) < 4.78 is 0. The number of hydrogen-bond donors (Lipinski definition) is 0. The summed E-state index contributed by atoms with van der Waals surface area (Å²) in [7, 11) is 0. The highest BCUT2D eigenvalue weighted by Crippen LogP contribution is 2.11. The third-order valence-electron chi connectivity index (χ3n) is 2.04. The number of nitriles is 1. The molecule has 2 nitrogen and oxygen atoms in total. The maximum Gasteiger partial charge on any atom is 0.116 e. The third-order valence-corrected chi connectivity index (χ3v) is 2.04. The van der Waals surface area contributed by atoms with E-state index in [4.69, 9.17) is 5.26 Å². The van der Waals surface area contributed by atoms with Crippen molar-refractivity contribution in [3.05, 3.63) is 12.2 Å². The van der Waals surface area contributed by atoms with Gasteiger partial charge >= 0.3 is 0 Å². The molecule has 0 amide bonds. The zero-order valence-corrected chi connectivity index (χ0v) is 6.95. The van der Waals surface area contributed by atoms with Crippen molar-refractivity contribution in [3.63, 3.8) is 0 Å². The van der Waals surface area contributed by atoms with Crippen LogP contribution in [0.25, 0.3) is 0 Å². The summed E-state index contributed by atoms with van der Waals surface area (Å²) in [5.41, 5.74) is 0. The largest absolute Gasteiger partial charge is 0.285 e. The van der Waals surface area contributed by atoms with Crippen LogP contribution in [-0.4, -0.2) is 24.0 Å². The van der Waals surface area contributed by atoms with Gasteiger partial charge in [-0.1, -0.05) is 12.2 Å². The first-order chi connectivity index (χ1) is 5.38. The summed E-state index contributed by atoms with van der Waals surface area (Å²) in [6.07, 6.45) is 6.41. The Kier molecular flexibility index (Phi) is 3.13. The van der Waals surface area contributed by atoms with Crippen LogP contribution in [0.5, 0.6) is 0 Å². The second-order valence-corrected chi connectivity index (χ2v) is 2.84. The van der Waals surface area contributed by atoms with E-state index in [1.54, 1.807) is 0 Å². The molecule has 1 aliphatic rings. The van der Waals surface area contributed by atoms with Crippen LogP contribution in [0.2, 0.25) is 0 Å². The molecule has 1 atom stereocenters. The first kappa shape index (κ1) is 8.29. The summed E-state index contributed by atoms with van der Waals surface area (Å²) in [5.74, 6) is 0. The van der Waals surface area contributed by atoms with E-state index in [-0.39, 0.29) is 6.04 Å². The van der Waals surface area contributed by atoms with Crippen LogP contribution in [0.1, 0.15) is 19.8 Å². The highest BCUT2D eigenvalue weighted by Gasteiger charge is 2.18. The van der Waals surface area contributed by atoms with Gasteiger partial charge in [0.15, 0.2) is 0 Å². The van der Waals surface area contributed by atoms with Crippen molar-refractivity contribution >= 4 is 0 Å². The lowest BCUT2D eigenvalue weighted by atomic mass is 10.2. The van der Waals surface area contributed by atoms with Crippen LogP contribution in [0.3, 0.4) is 0 Å². The topological polar surface area (TPSA) is 27.0 Å². The Balaban J connectivity index is 2.48. The predicted octanol–water partition coefficient (Wildman–Crippen LogP) is 1.55. The van der Waals surface area contributed by atoms with Crippen LogP contribution >= 0.6 is 0 Å². The summed E-state index contributed by atoms with van der Waals surface area (Å²) in [6, 6.07) is 2.30. The molecular formula is C9H14N2. The number of allylic oxidation sites excluding steroid dienone is 1. The molecule has 2 heteroatoms. The zero-order valence-electron chi connectivity index (χ0n) is 6.95. The highest BCUT2D eigenvalue weighted by atomic mass is 15.2. The van der Waals surface area contributed by atoms with Gasteiger partial charge in [0.25, 0.3) is 0 Å². The smallest absolute Gasteiger partial charge is 0.116 e. The Labute approximate surface area is 68.1 Å². The van der Waals surface area contributed by atoms with Gasteiger partial charge in [-0.15, -0.1) is 0 Å². The van der Waals surface area contributed by atoms with Crippen LogP contribution in [0.4, 0.5) is 0 Å². The molecule has 1 heterocycles. The van der Waals surface area contributed by atoms with E-state index in [9.17, 15) is 0 Å². The lowest BCUT2D eigenvalue weighted by molar-refractivity contribution is 0.328. The Morgan fingerprint density at radius 1 is 1.45 bits per heavy atom. The molecular weight excluding hydrogens is 136 g/mol. The van der Waals surface area contributed by atoms with Crippen molar-refractivity contribution in [1.29, 1.82) is 5.26 Å². The van der Waals surface area contributed by atoms with Gasteiger partial charge in [0.2, 0.25) is 0 Å². The van der Waals surface area contributed by atoms with Gasteiger partial charge in [-0.25, -0.2) is 0 Å². The molecule has 0 bridgehead atoms. The van der Waals surface area contributed by atoms with Gasteiger partial charge in [-0.3, -0.25) is 4.90 Å². The number of nitrogens with zero attached hydrogens (tertiary/aromatic N) is 2. The van der Waals surface area contributed by atoms with E-state index >= 15 is 0 Å². The molecule has 1 unspecified atom stereocenters.